The Morgan fingerprint density at radius 2 is 2.05 bits per heavy atom. The summed E-state index contributed by atoms with van der Waals surface area (Å²) >= 11 is 0. The van der Waals surface area contributed by atoms with Crippen LogP contribution in [0.3, 0.4) is 0 Å². The Hall–Kier alpha value is -1.76. The standard InChI is InChI=1S/C14H17F3N2O2/c1-19(2)9-18-10-4-5-11(12(8-10)20-3)13(6-7-21-13)14(15,16)17/h4-5,8-9H,6-7H2,1-3H3. The predicted molar refractivity (Wildman–Crippen MR) is 73.1 cm³/mol. The third-order valence-corrected chi connectivity index (χ3v) is 3.32. The summed E-state index contributed by atoms with van der Waals surface area (Å²) in [5.74, 6) is 0.125. The maximum absolute atomic E-state index is 13.3. The molecule has 21 heavy (non-hydrogen) atoms. The van der Waals surface area contributed by atoms with E-state index in [1.54, 1.807) is 25.3 Å². The average Bonchev–Trinajstić information content (AvgIpc) is 2.34. The number of rotatable bonds is 4. The van der Waals surface area contributed by atoms with Gasteiger partial charge >= 0.3 is 6.18 Å². The summed E-state index contributed by atoms with van der Waals surface area (Å²) in [6.45, 7) is 0.0865. The Bertz CT molecular complexity index is 538. The Morgan fingerprint density at radius 3 is 2.48 bits per heavy atom. The molecular formula is C14H17F3N2O2. The molecule has 116 valence electrons. The minimum Gasteiger partial charge on any atom is -0.496 e. The molecule has 2 rings (SSSR count). The van der Waals surface area contributed by atoms with Crippen LogP contribution >= 0.6 is 0 Å². The molecule has 1 atom stereocenters. The monoisotopic (exact) mass is 302 g/mol. The minimum atomic E-state index is -4.48. The average molecular weight is 302 g/mol. The van der Waals surface area contributed by atoms with Crippen LogP contribution < -0.4 is 4.74 Å². The van der Waals surface area contributed by atoms with E-state index in [9.17, 15) is 13.2 Å². The normalized spacial score (nSPS) is 22.2. The van der Waals surface area contributed by atoms with Crippen molar-refractivity contribution in [1.82, 2.24) is 4.90 Å². The topological polar surface area (TPSA) is 34.1 Å². The summed E-state index contributed by atoms with van der Waals surface area (Å²) in [6, 6.07) is 4.37. The lowest BCUT2D eigenvalue weighted by molar-refractivity contribution is -0.333. The molecule has 0 saturated carbocycles. The van der Waals surface area contributed by atoms with E-state index >= 15 is 0 Å². The van der Waals surface area contributed by atoms with Gasteiger partial charge in [-0.05, 0) is 12.1 Å². The summed E-state index contributed by atoms with van der Waals surface area (Å²) < 4.78 is 49.9. The number of methoxy groups -OCH3 is 1. The highest BCUT2D eigenvalue weighted by Gasteiger charge is 2.62. The van der Waals surface area contributed by atoms with E-state index in [4.69, 9.17) is 9.47 Å². The Morgan fingerprint density at radius 1 is 1.38 bits per heavy atom. The van der Waals surface area contributed by atoms with E-state index in [2.05, 4.69) is 4.99 Å². The molecule has 1 aromatic carbocycles. The van der Waals surface area contributed by atoms with Crippen LogP contribution in [-0.4, -0.2) is 45.2 Å². The molecule has 0 radical (unpaired) electrons. The van der Waals surface area contributed by atoms with Crippen molar-refractivity contribution < 1.29 is 22.6 Å². The number of hydrogen-bond acceptors (Lipinski definition) is 3. The van der Waals surface area contributed by atoms with E-state index in [0.717, 1.165) is 0 Å². The van der Waals surface area contributed by atoms with E-state index in [1.165, 1.54) is 25.3 Å². The minimum absolute atomic E-state index is 0.00690. The zero-order valence-corrected chi connectivity index (χ0v) is 12.1. The van der Waals surface area contributed by atoms with E-state index in [1.807, 2.05) is 0 Å². The molecule has 1 aromatic rings. The first-order valence-electron chi connectivity index (χ1n) is 6.40. The molecule has 0 aliphatic carbocycles. The van der Waals surface area contributed by atoms with Crippen molar-refractivity contribution >= 4 is 12.0 Å². The molecule has 1 heterocycles. The van der Waals surface area contributed by atoms with Crippen molar-refractivity contribution in [3.63, 3.8) is 0 Å². The molecule has 4 nitrogen and oxygen atoms in total. The van der Waals surface area contributed by atoms with E-state index in [-0.39, 0.29) is 24.3 Å². The second-order valence-corrected chi connectivity index (χ2v) is 5.02. The summed E-state index contributed by atoms with van der Waals surface area (Å²) in [5.41, 5.74) is -1.75. The molecule has 1 unspecified atom stereocenters. The third-order valence-electron chi connectivity index (χ3n) is 3.32. The van der Waals surface area contributed by atoms with Crippen molar-refractivity contribution in [3.05, 3.63) is 23.8 Å². The Balaban J connectivity index is 2.41. The fourth-order valence-corrected chi connectivity index (χ4v) is 2.17. The molecule has 0 amide bonds. The first-order chi connectivity index (χ1) is 9.80. The maximum atomic E-state index is 13.3. The number of nitrogens with zero attached hydrogens (tertiary/aromatic N) is 2. The molecule has 1 fully saturated rings. The van der Waals surface area contributed by atoms with Crippen molar-refractivity contribution in [2.75, 3.05) is 27.8 Å². The lowest BCUT2D eigenvalue weighted by atomic mass is 9.85. The molecule has 1 aliphatic heterocycles. The second-order valence-electron chi connectivity index (χ2n) is 5.02. The maximum Gasteiger partial charge on any atom is 0.421 e. The third kappa shape index (κ3) is 2.83. The number of benzene rings is 1. The number of aliphatic imine (C=N–C) groups is 1. The number of hydrogen-bond donors (Lipinski definition) is 0. The summed E-state index contributed by atoms with van der Waals surface area (Å²) in [6.07, 6.45) is -3.02. The molecule has 0 spiro atoms. The largest absolute Gasteiger partial charge is 0.496 e. The zero-order valence-electron chi connectivity index (χ0n) is 12.1. The first kappa shape index (κ1) is 15.6. The highest BCUT2D eigenvalue weighted by atomic mass is 19.4. The molecular weight excluding hydrogens is 285 g/mol. The number of alkyl halides is 3. The lowest BCUT2D eigenvalue weighted by Gasteiger charge is -2.43. The van der Waals surface area contributed by atoms with Gasteiger partial charge in [0.05, 0.1) is 25.7 Å². The van der Waals surface area contributed by atoms with Crippen LogP contribution in [0.15, 0.2) is 23.2 Å². The van der Waals surface area contributed by atoms with Gasteiger partial charge in [0.1, 0.15) is 5.75 Å². The van der Waals surface area contributed by atoms with Crippen LogP contribution in [0, 0.1) is 0 Å². The van der Waals surface area contributed by atoms with Gasteiger partial charge < -0.3 is 14.4 Å². The van der Waals surface area contributed by atoms with Gasteiger partial charge in [-0.3, -0.25) is 0 Å². The molecule has 1 aliphatic rings. The van der Waals surface area contributed by atoms with Crippen LogP contribution in [-0.2, 0) is 10.3 Å². The van der Waals surface area contributed by atoms with Crippen LogP contribution in [0.1, 0.15) is 12.0 Å². The fourth-order valence-electron chi connectivity index (χ4n) is 2.17. The highest BCUT2D eigenvalue weighted by Crippen LogP contribution is 2.53. The van der Waals surface area contributed by atoms with Gasteiger partial charge in [0.25, 0.3) is 0 Å². The molecule has 1 saturated heterocycles. The highest BCUT2D eigenvalue weighted by molar-refractivity contribution is 5.62. The van der Waals surface area contributed by atoms with Crippen LogP contribution in [0.25, 0.3) is 0 Å². The SMILES string of the molecule is COc1cc(N=CN(C)C)ccc1C1(C(F)(F)F)CCO1. The fraction of sp³-hybridized carbons (Fsp3) is 0.500. The Labute approximate surface area is 121 Å². The summed E-state index contributed by atoms with van der Waals surface area (Å²) in [5, 5.41) is 0. The van der Waals surface area contributed by atoms with E-state index < -0.39 is 11.8 Å². The summed E-state index contributed by atoms with van der Waals surface area (Å²) in [4.78, 5) is 5.87. The van der Waals surface area contributed by atoms with Crippen molar-refractivity contribution in [2.24, 2.45) is 4.99 Å². The van der Waals surface area contributed by atoms with Crippen molar-refractivity contribution in [3.8, 4) is 5.75 Å². The molecule has 7 heteroatoms. The number of ether oxygens (including phenoxy) is 2. The van der Waals surface area contributed by atoms with Gasteiger partial charge in [0.15, 0.2) is 5.60 Å². The Kier molecular flexibility index (Phi) is 4.13. The van der Waals surface area contributed by atoms with Gasteiger partial charge in [0, 0.05) is 32.1 Å². The smallest absolute Gasteiger partial charge is 0.421 e. The van der Waals surface area contributed by atoms with E-state index in [0.29, 0.717) is 5.69 Å². The van der Waals surface area contributed by atoms with Crippen LogP contribution in [0.2, 0.25) is 0 Å². The van der Waals surface area contributed by atoms with Gasteiger partial charge in [-0.2, -0.15) is 13.2 Å². The quantitative estimate of drug-likeness (QED) is 0.633. The van der Waals surface area contributed by atoms with Gasteiger partial charge in [-0.25, -0.2) is 4.99 Å². The zero-order chi connectivity index (χ0) is 15.7. The van der Waals surface area contributed by atoms with Gasteiger partial charge in [-0.15, -0.1) is 0 Å². The number of halogens is 3. The predicted octanol–water partition coefficient (Wildman–Crippen LogP) is 3.09. The van der Waals surface area contributed by atoms with Crippen molar-refractivity contribution in [1.29, 1.82) is 0 Å². The van der Waals surface area contributed by atoms with Gasteiger partial charge in [-0.1, -0.05) is 0 Å². The van der Waals surface area contributed by atoms with Gasteiger partial charge in [0.2, 0.25) is 0 Å². The first-order valence-corrected chi connectivity index (χ1v) is 6.40. The lowest BCUT2D eigenvalue weighted by Crippen LogP contribution is -2.52. The molecule has 0 bridgehead atoms. The van der Waals surface area contributed by atoms with Crippen molar-refractivity contribution in [2.45, 2.75) is 18.2 Å². The molecule has 0 N–H and O–H groups in total. The van der Waals surface area contributed by atoms with Crippen LogP contribution in [0.5, 0.6) is 5.75 Å². The summed E-state index contributed by atoms with van der Waals surface area (Å²) in [7, 11) is 4.94. The second kappa shape index (κ2) is 5.55. The van der Waals surface area contributed by atoms with Crippen LogP contribution in [0.4, 0.5) is 18.9 Å². The molecule has 0 aromatic heterocycles.